The molecule has 0 aliphatic rings. The third kappa shape index (κ3) is 2.44. The smallest absolute Gasteiger partial charge is 0.141 e. The van der Waals surface area contributed by atoms with E-state index in [9.17, 15) is 5.11 Å². The molecule has 0 aliphatic carbocycles. The average Bonchev–Trinajstić information content (AvgIpc) is 2.26. The average molecular weight is 205 g/mol. The summed E-state index contributed by atoms with van der Waals surface area (Å²) < 4.78 is 0. The fourth-order valence-electron chi connectivity index (χ4n) is 1.52. The first-order chi connectivity index (χ1) is 7.24. The molecule has 0 bridgehead atoms. The molecule has 80 valence electrons. The van der Waals surface area contributed by atoms with Crippen LogP contribution in [0.2, 0.25) is 0 Å². The van der Waals surface area contributed by atoms with Crippen molar-refractivity contribution in [3.05, 3.63) is 29.8 Å². The molecule has 0 fully saturated rings. The number of aliphatic hydroxyl groups is 1. The first-order valence-corrected chi connectivity index (χ1v) is 4.79. The summed E-state index contributed by atoms with van der Waals surface area (Å²) in [7, 11) is 0. The Morgan fingerprint density at radius 3 is 2.67 bits per heavy atom. The van der Waals surface area contributed by atoms with Crippen molar-refractivity contribution in [2.75, 3.05) is 6.61 Å². The van der Waals surface area contributed by atoms with E-state index in [0.29, 0.717) is 12.1 Å². The first-order valence-electron chi connectivity index (χ1n) is 4.79. The second-order valence-corrected chi connectivity index (χ2v) is 3.20. The van der Waals surface area contributed by atoms with Gasteiger partial charge in [-0.2, -0.15) is 0 Å². The Morgan fingerprint density at radius 1 is 1.40 bits per heavy atom. The van der Waals surface area contributed by atoms with Crippen LogP contribution in [0.15, 0.2) is 23.7 Å². The second kappa shape index (κ2) is 5.32. The van der Waals surface area contributed by atoms with Crippen molar-refractivity contribution in [2.24, 2.45) is 4.99 Å². The fraction of sp³-hybridized carbons (Fsp3) is 0.250. The Labute approximate surface area is 89.4 Å². The summed E-state index contributed by atoms with van der Waals surface area (Å²) in [5.41, 5.74) is 2.26. The van der Waals surface area contributed by atoms with Crippen LogP contribution in [0.5, 0.6) is 5.75 Å². The van der Waals surface area contributed by atoms with E-state index in [-0.39, 0.29) is 12.4 Å². The SMILES string of the molecule is C=Cc1c(CCCO)ccc(O)c1N=C. The molecule has 0 aromatic heterocycles. The Kier molecular flexibility index (Phi) is 4.06. The monoisotopic (exact) mass is 205 g/mol. The predicted octanol–water partition coefficient (Wildman–Crippen LogP) is 2.29. The summed E-state index contributed by atoms with van der Waals surface area (Å²) in [5.74, 6) is 0.104. The quantitative estimate of drug-likeness (QED) is 0.724. The summed E-state index contributed by atoms with van der Waals surface area (Å²) in [6.07, 6.45) is 3.07. The van der Waals surface area contributed by atoms with Crippen LogP contribution in [-0.4, -0.2) is 23.5 Å². The van der Waals surface area contributed by atoms with Crippen molar-refractivity contribution in [2.45, 2.75) is 12.8 Å². The number of rotatable bonds is 5. The molecule has 0 atom stereocenters. The van der Waals surface area contributed by atoms with Gasteiger partial charge in [-0.25, -0.2) is 0 Å². The van der Waals surface area contributed by atoms with Crippen LogP contribution < -0.4 is 0 Å². The van der Waals surface area contributed by atoms with Gasteiger partial charge in [0.1, 0.15) is 11.4 Å². The molecule has 3 heteroatoms. The van der Waals surface area contributed by atoms with Gasteiger partial charge in [-0.1, -0.05) is 18.7 Å². The van der Waals surface area contributed by atoms with Gasteiger partial charge < -0.3 is 10.2 Å². The lowest BCUT2D eigenvalue weighted by Gasteiger charge is -2.09. The summed E-state index contributed by atoms with van der Waals surface area (Å²) in [6.45, 7) is 7.25. The Bertz CT molecular complexity index is 372. The number of nitrogens with zero attached hydrogens (tertiary/aromatic N) is 1. The van der Waals surface area contributed by atoms with Gasteiger partial charge in [-0.3, -0.25) is 4.99 Å². The van der Waals surface area contributed by atoms with Crippen molar-refractivity contribution in [1.82, 2.24) is 0 Å². The number of phenolic OH excluding ortho intramolecular Hbond substituents is 1. The number of aliphatic hydroxyl groups excluding tert-OH is 1. The van der Waals surface area contributed by atoms with Gasteiger partial charge in [-0.15, -0.1) is 0 Å². The molecule has 0 unspecified atom stereocenters. The minimum absolute atomic E-state index is 0.104. The molecular formula is C12H15NO2. The van der Waals surface area contributed by atoms with Crippen LogP contribution in [0, 0.1) is 0 Å². The summed E-state index contributed by atoms with van der Waals surface area (Å²) in [6, 6.07) is 3.40. The topological polar surface area (TPSA) is 52.8 Å². The van der Waals surface area contributed by atoms with Gasteiger partial charge in [0.05, 0.1) is 0 Å². The van der Waals surface area contributed by atoms with Crippen molar-refractivity contribution in [3.8, 4) is 5.75 Å². The molecule has 3 nitrogen and oxygen atoms in total. The van der Waals surface area contributed by atoms with Crippen LogP contribution in [0.1, 0.15) is 17.5 Å². The highest BCUT2D eigenvalue weighted by Gasteiger charge is 2.08. The molecule has 0 heterocycles. The van der Waals surface area contributed by atoms with Gasteiger partial charge in [0.15, 0.2) is 0 Å². The molecule has 0 amide bonds. The maximum Gasteiger partial charge on any atom is 0.141 e. The summed E-state index contributed by atoms with van der Waals surface area (Å²) >= 11 is 0. The van der Waals surface area contributed by atoms with Gasteiger partial charge in [-0.05, 0) is 31.2 Å². The highest BCUT2D eigenvalue weighted by Crippen LogP contribution is 2.33. The zero-order valence-electron chi connectivity index (χ0n) is 8.61. The van der Waals surface area contributed by atoms with Crippen LogP contribution in [0.3, 0.4) is 0 Å². The molecule has 0 radical (unpaired) electrons. The van der Waals surface area contributed by atoms with Gasteiger partial charge in [0, 0.05) is 12.2 Å². The van der Waals surface area contributed by atoms with E-state index in [1.807, 2.05) is 6.07 Å². The number of aromatic hydroxyl groups is 1. The molecule has 0 saturated carbocycles. The number of benzene rings is 1. The number of aryl methyl sites for hydroxylation is 1. The summed E-state index contributed by atoms with van der Waals surface area (Å²) in [5, 5.41) is 18.3. The van der Waals surface area contributed by atoms with E-state index < -0.39 is 0 Å². The highest BCUT2D eigenvalue weighted by atomic mass is 16.3. The summed E-state index contributed by atoms with van der Waals surface area (Å²) in [4.78, 5) is 3.78. The lowest BCUT2D eigenvalue weighted by Crippen LogP contribution is -1.93. The van der Waals surface area contributed by atoms with E-state index in [0.717, 1.165) is 17.5 Å². The van der Waals surface area contributed by atoms with Crippen LogP contribution in [-0.2, 0) is 6.42 Å². The number of hydrogen-bond acceptors (Lipinski definition) is 3. The van der Waals surface area contributed by atoms with E-state index in [1.54, 1.807) is 12.1 Å². The van der Waals surface area contributed by atoms with Gasteiger partial charge in [0.2, 0.25) is 0 Å². The molecule has 0 spiro atoms. The Morgan fingerprint density at radius 2 is 2.13 bits per heavy atom. The van der Waals surface area contributed by atoms with E-state index in [4.69, 9.17) is 5.11 Å². The zero-order valence-corrected chi connectivity index (χ0v) is 8.61. The van der Waals surface area contributed by atoms with Crippen LogP contribution in [0.25, 0.3) is 6.08 Å². The molecule has 1 rings (SSSR count). The van der Waals surface area contributed by atoms with Crippen LogP contribution >= 0.6 is 0 Å². The predicted molar refractivity (Wildman–Crippen MR) is 62.8 cm³/mol. The molecule has 1 aromatic carbocycles. The zero-order chi connectivity index (χ0) is 11.3. The first kappa shape index (κ1) is 11.5. The van der Waals surface area contributed by atoms with E-state index >= 15 is 0 Å². The molecule has 1 aromatic rings. The highest BCUT2D eigenvalue weighted by molar-refractivity contribution is 5.73. The van der Waals surface area contributed by atoms with Crippen molar-refractivity contribution >= 4 is 18.5 Å². The van der Waals surface area contributed by atoms with Gasteiger partial charge in [0.25, 0.3) is 0 Å². The Balaban J connectivity index is 3.16. The number of phenols is 1. The molecule has 15 heavy (non-hydrogen) atoms. The fourth-order valence-corrected chi connectivity index (χ4v) is 1.52. The standard InChI is InChI=1S/C12H15NO2/c1-3-10-9(5-4-8-14)6-7-11(15)12(10)13-2/h3,6-7,14-15H,1-2,4-5,8H2. The maximum absolute atomic E-state index is 9.54. The largest absolute Gasteiger partial charge is 0.506 e. The van der Waals surface area contributed by atoms with E-state index in [1.165, 1.54) is 0 Å². The van der Waals surface area contributed by atoms with Crippen molar-refractivity contribution in [3.63, 3.8) is 0 Å². The minimum atomic E-state index is 0.104. The lowest BCUT2D eigenvalue weighted by molar-refractivity contribution is 0.288. The minimum Gasteiger partial charge on any atom is -0.506 e. The van der Waals surface area contributed by atoms with E-state index in [2.05, 4.69) is 18.3 Å². The molecular weight excluding hydrogens is 190 g/mol. The second-order valence-electron chi connectivity index (χ2n) is 3.20. The van der Waals surface area contributed by atoms with Crippen LogP contribution in [0.4, 0.5) is 5.69 Å². The number of aliphatic imine (C=N–C) groups is 1. The molecule has 2 N–H and O–H groups in total. The Hall–Kier alpha value is -1.61. The molecule has 0 aliphatic heterocycles. The normalized spacial score (nSPS) is 9.93. The van der Waals surface area contributed by atoms with Crippen molar-refractivity contribution in [1.29, 1.82) is 0 Å². The number of hydrogen-bond donors (Lipinski definition) is 2. The van der Waals surface area contributed by atoms with Crippen molar-refractivity contribution < 1.29 is 10.2 Å². The lowest BCUT2D eigenvalue weighted by atomic mass is 10.0. The van der Waals surface area contributed by atoms with Gasteiger partial charge >= 0.3 is 0 Å². The third-order valence-corrected chi connectivity index (χ3v) is 2.25. The maximum atomic E-state index is 9.54. The third-order valence-electron chi connectivity index (χ3n) is 2.25. The molecule has 0 saturated heterocycles.